The topological polar surface area (TPSA) is 40.5 Å². The van der Waals surface area contributed by atoms with Crippen LogP contribution < -0.4 is 0 Å². The fourth-order valence-electron chi connectivity index (χ4n) is 1.09. The van der Waals surface area contributed by atoms with Gasteiger partial charge in [0.1, 0.15) is 5.82 Å². The predicted molar refractivity (Wildman–Crippen MR) is 47.6 cm³/mol. The minimum Gasteiger partial charge on any atom is -0.396 e. The summed E-state index contributed by atoms with van der Waals surface area (Å²) in [5, 5.41) is 18.4. The lowest BCUT2D eigenvalue weighted by molar-refractivity contribution is 0.0770. The summed E-state index contributed by atoms with van der Waals surface area (Å²) in [4.78, 5) is 0. The Hall–Kier alpha value is -0.930. The highest BCUT2D eigenvalue weighted by molar-refractivity contribution is 5.18. The van der Waals surface area contributed by atoms with Crippen LogP contribution in [0.15, 0.2) is 24.3 Å². The molecule has 0 aliphatic rings. The fourth-order valence-corrected chi connectivity index (χ4v) is 1.09. The molecule has 1 aromatic rings. The van der Waals surface area contributed by atoms with Crippen LogP contribution in [-0.2, 0) is 0 Å². The monoisotopic (exact) mass is 184 g/mol. The lowest BCUT2D eigenvalue weighted by Crippen LogP contribution is -2.12. The quantitative estimate of drug-likeness (QED) is 0.747. The van der Waals surface area contributed by atoms with Crippen molar-refractivity contribution < 1.29 is 14.6 Å². The normalized spacial score (nSPS) is 15.4. The zero-order valence-electron chi connectivity index (χ0n) is 7.44. The number of rotatable bonds is 3. The third kappa shape index (κ3) is 2.50. The number of hydrogen-bond donors (Lipinski definition) is 2. The summed E-state index contributed by atoms with van der Waals surface area (Å²) in [7, 11) is 0. The molecule has 0 saturated carbocycles. The van der Waals surface area contributed by atoms with Crippen LogP contribution in [-0.4, -0.2) is 16.8 Å². The van der Waals surface area contributed by atoms with Gasteiger partial charge in [0, 0.05) is 12.5 Å². The van der Waals surface area contributed by atoms with Gasteiger partial charge >= 0.3 is 0 Å². The highest BCUT2D eigenvalue weighted by Gasteiger charge is 2.14. The molecule has 0 fully saturated rings. The van der Waals surface area contributed by atoms with Crippen LogP contribution in [0.2, 0.25) is 0 Å². The summed E-state index contributed by atoms with van der Waals surface area (Å²) >= 11 is 0. The van der Waals surface area contributed by atoms with E-state index in [1.807, 2.05) is 0 Å². The van der Waals surface area contributed by atoms with Gasteiger partial charge in [-0.1, -0.05) is 19.1 Å². The van der Waals surface area contributed by atoms with E-state index >= 15 is 0 Å². The third-order valence-electron chi connectivity index (χ3n) is 2.04. The molecule has 13 heavy (non-hydrogen) atoms. The Kier molecular flexibility index (Phi) is 3.39. The van der Waals surface area contributed by atoms with Crippen LogP contribution >= 0.6 is 0 Å². The Labute approximate surface area is 76.6 Å². The van der Waals surface area contributed by atoms with Crippen molar-refractivity contribution in [3.8, 4) is 0 Å². The van der Waals surface area contributed by atoms with Gasteiger partial charge in [-0.3, -0.25) is 0 Å². The molecule has 0 unspecified atom stereocenters. The maximum Gasteiger partial charge on any atom is 0.123 e. The van der Waals surface area contributed by atoms with Crippen LogP contribution in [0.5, 0.6) is 0 Å². The Balaban J connectivity index is 2.77. The van der Waals surface area contributed by atoms with Gasteiger partial charge in [0.25, 0.3) is 0 Å². The molecule has 0 amide bonds. The minimum atomic E-state index is -0.731. The molecule has 2 nitrogen and oxygen atoms in total. The van der Waals surface area contributed by atoms with Crippen molar-refractivity contribution in [1.82, 2.24) is 0 Å². The number of aliphatic hydroxyl groups is 2. The van der Waals surface area contributed by atoms with Gasteiger partial charge in [0.05, 0.1) is 6.10 Å². The molecule has 0 aromatic heterocycles. The van der Waals surface area contributed by atoms with Crippen molar-refractivity contribution in [2.45, 2.75) is 13.0 Å². The van der Waals surface area contributed by atoms with E-state index in [0.717, 1.165) is 0 Å². The number of aliphatic hydroxyl groups excluding tert-OH is 2. The smallest absolute Gasteiger partial charge is 0.123 e. The molecular weight excluding hydrogens is 171 g/mol. The fraction of sp³-hybridized carbons (Fsp3) is 0.400. The van der Waals surface area contributed by atoms with E-state index in [9.17, 15) is 9.50 Å². The molecular formula is C10H13FO2. The maximum absolute atomic E-state index is 12.5. The van der Waals surface area contributed by atoms with Gasteiger partial charge in [-0.2, -0.15) is 0 Å². The van der Waals surface area contributed by atoms with Crippen LogP contribution in [0.3, 0.4) is 0 Å². The van der Waals surface area contributed by atoms with Crippen molar-refractivity contribution in [3.05, 3.63) is 35.6 Å². The molecule has 0 heterocycles. The number of halogens is 1. The maximum atomic E-state index is 12.5. The van der Waals surface area contributed by atoms with E-state index in [1.165, 1.54) is 24.3 Å². The second-order valence-corrected chi connectivity index (χ2v) is 3.16. The van der Waals surface area contributed by atoms with Gasteiger partial charge in [-0.15, -0.1) is 0 Å². The van der Waals surface area contributed by atoms with Crippen LogP contribution in [0.1, 0.15) is 18.6 Å². The number of hydrogen-bond acceptors (Lipinski definition) is 2. The van der Waals surface area contributed by atoms with Gasteiger partial charge < -0.3 is 10.2 Å². The standard InChI is InChI=1S/C10H13FO2/c1-7(6-12)10(13)8-2-4-9(11)5-3-8/h2-5,7,10,12-13H,6H2,1H3/t7-,10+/m0/s1. The summed E-state index contributed by atoms with van der Waals surface area (Å²) in [5.74, 6) is -0.557. The average Bonchev–Trinajstić information content (AvgIpc) is 2.17. The molecule has 2 atom stereocenters. The first-order chi connectivity index (χ1) is 6.15. The Morgan fingerprint density at radius 1 is 1.31 bits per heavy atom. The summed E-state index contributed by atoms with van der Waals surface area (Å²) in [6.07, 6.45) is -0.731. The zero-order valence-corrected chi connectivity index (χ0v) is 7.44. The highest BCUT2D eigenvalue weighted by Crippen LogP contribution is 2.21. The Morgan fingerprint density at radius 2 is 1.85 bits per heavy atom. The van der Waals surface area contributed by atoms with Crippen LogP contribution in [0.25, 0.3) is 0 Å². The van der Waals surface area contributed by atoms with Gasteiger partial charge in [0.2, 0.25) is 0 Å². The molecule has 72 valence electrons. The molecule has 1 aromatic carbocycles. The zero-order chi connectivity index (χ0) is 9.84. The van der Waals surface area contributed by atoms with Crippen molar-refractivity contribution in [2.24, 2.45) is 5.92 Å². The molecule has 0 radical (unpaired) electrons. The molecule has 3 heteroatoms. The number of benzene rings is 1. The lowest BCUT2D eigenvalue weighted by atomic mass is 9.98. The van der Waals surface area contributed by atoms with Crippen molar-refractivity contribution in [1.29, 1.82) is 0 Å². The van der Waals surface area contributed by atoms with Crippen molar-refractivity contribution in [2.75, 3.05) is 6.61 Å². The molecule has 0 aliphatic heterocycles. The van der Waals surface area contributed by atoms with E-state index in [0.29, 0.717) is 5.56 Å². The molecule has 2 N–H and O–H groups in total. The second kappa shape index (κ2) is 4.35. The summed E-state index contributed by atoms with van der Waals surface area (Å²) in [6.45, 7) is 1.65. The minimum absolute atomic E-state index is 0.0848. The molecule has 0 saturated heterocycles. The van der Waals surface area contributed by atoms with E-state index in [2.05, 4.69) is 0 Å². The summed E-state index contributed by atoms with van der Waals surface area (Å²) < 4.78 is 12.5. The lowest BCUT2D eigenvalue weighted by Gasteiger charge is -2.16. The van der Waals surface area contributed by atoms with Crippen molar-refractivity contribution in [3.63, 3.8) is 0 Å². The van der Waals surface area contributed by atoms with Crippen LogP contribution in [0, 0.1) is 11.7 Å². The van der Waals surface area contributed by atoms with E-state index < -0.39 is 6.10 Å². The van der Waals surface area contributed by atoms with Gasteiger partial charge in [0.15, 0.2) is 0 Å². The van der Waals surface area contributed by atoms with Crippen molar-refractivity contribution >= 4 is 0 Å². The van der Waals surface area contributed by atoms with E-state index in [1.54, 1.807) is 6.92 Å². The largest absolute Gasteiger partial charge is 0.396 e. The first kappa shape index (κ1) is 10.2. The SMILES string of the molecule is C[C@@H](CO)[C@@H](O)c1ccc(F)cc1. The predicted octanol–water partition coefficient (Wildman–Crippen LogP) is 1.49. The first-order valence-electron chi connectivity index (χ1n) is 4.19. The highest BCUT2D eigenvalue weighted by atomic mass is 19.1. The van der Waals surface area contributed by atoms with Gasteiger partial charge in [-0.05, 0) is 17.7 Å². The molecule has 0 spiro atoms. The molecule has 0 bridgehead atoms. The third-order valence-corrected chi connectivity index (χ3v) is 2.04. The van der Waals surface area contributed by atoms with Crippen LogP contribution in [0.4, 0.5) is 4.39 Å². The summed E-state index contributed by atoms with van der Waals surface area (Å²) in [6, 6.07) is 5.63. The molecule has 1 rings (SSSR count). The average molecular weight is 184 g/mol. The second-order valence-electron chi connectivity index (χ2n) is 3.16. The summed E-state index contributed by atoms with van der Waals surface area (Å²) in [5.41, 5.74) is 0.628. The van der Waals surface area contributed by atoms with Gasteiger partial charge in [-0.25, -0.2) is 4.39 Å². The Morgan fingerprint density at radius 3 is 2.31 bits per heavy atom. The first-order valence-corrected chi connectivity index (χ1v) is 4.19. The Bertz CT molecular complexity index is 258. The molecule has 0 aliphatic carbocycles. The van der Waals surface area contributed by atoms with E-state index in [-0.39, 0.29) is 18.3 Å². The van der Waals surface area contributed by atoms with E-state index in [4.69, 9.17) is 5.11 Å².